The van der Waals surface area contributed by atoms with Crippen LogP contribution in [0.15, 0.2) is 48.5 Å². The second-order valence-electron chi connectivity index (χ2n) is 3.54. The van der Waals surface area contributed by atoms with Crippen LogP contribution in [-0.4, -0.2) is 10.2 Å². The smallest absolute Gasteiger partial charge is 0.138 e. The zero-order chi connectivity index (χ0) is 11.4. The Balaban J connectivity index is 2.08. The van der Waals surface area contributed by atoms with Crippen LogP contribution in [0.25, 0.3) is 0 Å². The molecule has 3 N–H and O–H groups in total. The van der Waals surface area contributed by atoms with Crippen LogP contribution >= 0.6 is 0 Å². The number of phenolic OH excluding ortho intramolecular Hbond substituents is 2. The standard InChI is InChI=1S/C13H13NO2/c15-11-6-7-13(16)12(8-11)14-9-10-4-2-1-3-5-10/h1-8,14-16H,9H2. The highest BCUT2D eigenvalue weighted by Crippen LogP contribution is 2.27. The average molecular weight is 215 g/mol. The van der Waals surface area contributed by atoms with Crippen molar-refractivity contribution in [3.63, 3.8) is 0 Å². The van der Waals surface area contributed by atoms with Crippen molar-refractivity contribution >= 4 is 5.69 Å². The van der Waals surface area contributed by atoms with Gasteiger partial charge in [0.1, 0.15) is 11.5 Å². The highest BCUT2D eigenvalue weighted by molar-refractivity contribution is 5.58. The summed E-state index contributed by atoms with van der Waals surface area (Å²) in [5, 5.41) is 21.9. The van der Waals surface area contributed by atoms with Gasteiger partial charge in [0.15, 0.2) is 0 Å². The summed E-state index contributed by atoms with van der Waals surface area (Å²) in [5.74, 6) is 0.266. The third-order valence-electron chi connectivity index (χ3n) is 2.31. The molecule has 0 aromatic heterocycles. The van der Waals surface area contributed by atoms with E-state index in [1.165, 1.54) is 18.2 Å². The lowest BCUT2D eigenvalue weighted by atomic mass is 10.2. The van der Waals surface area contributed by atoms with E-state index in [2.05, 4.69) is 5.32 Å². The third-order valence-corrected chi connectivity index (χ3v) is 2.31. The maximum absolute atomic E-state index is 9.54. The fraction of sp³-hybridized carbons (Fsp3) is 0.0769. The summed E-state index contributed by atoms with van der Waals surface area (Å²) in [4.78, 5) is 0. The number of aromatic hydroxyl groups is 2. The van der Waals surface area contributed by atoms with Crippen LogP contribution in [0.5, 0.6) is 11.5 Å². The summed E-state index contributed by atoms with van der Waals surface area (Å²) in [6, 6.07) is 14.3. The number of rotatable bonds is 3. The first-order valence-corrected chi connectivity index (χ1v) is 5.05. The maximum atomic E-state index is 9.54. The summed E-state index contributed by atoms with van der Waals surface area (Å²) in [7, 11) is 0. The highest BCUT2D eigenvalue weighted by Gasteiger charge is 2.01. The van der Waals surface area contributed by atoms with Crippen molar-refractivity contribution in [1.29, 1.82) is 0 Å². The summed E-state index contributed by atoms with van der Waals surface area (Å²) in [5.41, 5.74) is 1.65. The van der Waals surface area contributed by atoms with Gasteiger partial charge in [-0.1, -0.05) is 30.3 Å². The Morgan fingerprint density at radius 1 is 0.938 bits per heavy atom. The minimum Gasteiger partial charge on any atom is -0.508 e. The fourth-order valence-corrected chi connectivity index (χ4v) is 1.46. The Labute approximate surface area is 94.0 Å². The molecule has 0 amide bonds. The summed E-state index contributed by atoms with van der Waals surface area (Å²) < 4.78 is 0. The average Bonchev–Trinajstić information content (AvgIpc) is 2.32. The second-order valence-corrected chi connectivity index (χ2v) is 3.54. The zero-order valence-corrected chi connectivity index (χ0v) is 8.72. The molecule has 0 aliphatic rings. The van der Waals surface area contributed by atoms with Crippen molar-refractivity contribution in [1.82, 2.24) is 0 Å². The molecule has 0 saturated carbocycles. The van der Waals surface area contributed by atoms with E-state index in [9.17, 15) is 10.2 Å². The molecular weight excluding hydrogens is 202 g/mol. The van der Waals surface area contributed by atoms with E-state index >= 15 is 0 Å². The van der Waals surface area contributed by atoms with Gasteiger partial charge in [-0.2, -0.15) is 0 Å². The Morgan fingerprint density at radius 3 is 2.44 bits per heavy atom. The molecule has 2 rings (SSSR count). The molecule has 3 nitrogen and oxygen atoms in total. The Kier molecular flexibility index (Phi) is 2.96. The van der Waals surface area contributed by atoms with Crippen molar-refractivity contribution in [2.75, 3.05) is 5.32 Å². The summed E-state index contributed by atoms with van der Waals surface area (Å²) in [6.45, 7) is 0.609. The predicted molar refractivity (Wildman–Crippen MR) is 63.5 cm³/mol. The lowest BCUT2D eigenvalue weighted by molar-refractivity contribution is 0.462. The van der Waals surface area contributed by atoms with Gasteiger partial charge in [0, 0.05) is 12.6 Å². The van der Waals surface area contributed by atoms with Crippen molar-refractivity contribution in [3.8, 4) is 11.5 Å². The third kappa shape index (κ3) is 2.45. The van der Waals surface area contributed by atoms with E-state index in [-0.39, 0.29) is 11.5 Å². The first-order chi connectivity index (χ1) is 7.75. The highest BCUT2D eigenvalue weighted by atomic mass is 16.3. The van der Waals surface area contributed by atoms with Crippen LogP contribution < -0.4 is 5.32 Å². The van der Waals surface area contributed by atoms with E-state index < -0.39 is 0 Å². The predicted octanol–water partition coefficient (Wildman–Crippen LogP) is 2.71. The van der Waals surface area contributed by atoms with Crippen molar-refractivity contribution in [2.45, 2.75) is 6.54 Å². The second kappa shape index (κ2) is 4.57. The largest absolute Gasteiger partial charge is 0.508 e. The molecule has 0 spiro atoms. The summed E-state index contributed by atoms with van der Waals surface area (Å²) >= 11 is 0. The Morgan fingerprint density at radius 2 is 1.69 bits per heavy atom. The first kappa shape index (κ1) is 10.4. The van der Waals surface area contributed by atoms with E-state index in [1.54, 1.807) is 0 Å². The van der Waals surface area contributed by atoms with Crippen molar-refractivity contribution < 1.29 is 10.2 Å². The molecule has 0 bridgehead atoms. The van der Waals surface area contributed by atoms with Gasteiger partial charge in [0.25, 0.3) is 0 Å². The molecule has 0 atom stereocenters. The van der Waals surface area contributed by atoms with Crippen LogP contribution in [0.3, 0.4) is 0 Å². The minimum absolute atomic E-state index is 0.133. The number of nitrogens with one attached hydrogen (secondary N) is 1. The zero-order valence-electron chi connectivity index (χ0n) is 8.72. The lowest BCUT2D eigenvalue weighted by Crippen LogP contribution is -1.99. The fourth-order valence-electron chi connectivity index (χ4n) is 1.46. The molecule has 0 aliphatic heterocycles. The lowest BCUT2D eigenvalue weighted by Gasteiger charge is -2.08. The van der Waals surface area contributed by atoms with E-state index in [0.717, 1.165) is 5.56 Å². The number of hydrogen-bond donors (Lipinski definition) is 3. The summed E-state index contributed by atoms with van der Waals surface area (Å²) in [6.07, 6.45) is 0. The molecule has 2 aromatic carbocycles. The molecule has 82 valence electrons. The van der Waals surface area contributed by atoms with Gasteiger partial charge >= 0.3 is 0 Å². The van der Waals surface area contributed by atoms with Crippen LogP contribution in [0.1, 0.15) is 5.56 Å². The molecule has 0 heterocycles. The number of hydrogen-bond acceptors (Lipinski definition) is 3. The van der Waals surface area contributed by atoms with Crippen molar-refractivity contribution in [2.24, 2.45) is 0 Å². The molecule has 0 aliphatic carbocycles. The van der Waals surface area contributed by atoms with Crippen LogP contribution in [-0.2, 0) is 6.54 Å². The topological polar surface area (TPSA) is 52.5 Å². The van der Waals surface area contributed by atoms with Gasteiger partial charge in [0.05, 0.1) is 5.69 Å². The van der Waals surface area contributed by atoms with Crippen LogP contribution in [0.4, 0.5) is 5.69 Å². The number of benzene rings is 2. The molecule has 2 aromatic rings. The van der Waals surface area contributed by atoms with Gasteiger partial charge in [-0.15, -0.1) is 0 Å². The molecule has 3 heteroatoms. The van der Waals surface area contributed by atoms with Crippen molar-refractivity contribution in [3.05, 3.63) is 54.1 Å². The van der Waals surface area contributed by atoms with Gasteiger partial charge in [0.2, 0.25) is 0 Å². The van der Waals surface area contributed by atoms with Gasteiger partial charge in [-0.05, 0) is 17.7 Å². The maximum Gasteiger partial charge on any atom is 0.138 e. The Bertz CT molecular complexity index is 469. The minimum atomic E-state index is 0.133. The molecule has 0 radical (unpaired) electrons. The van der Waals surface area contributed by atoms with Gasteiger partial charge in [-0.3, -0.25) is 0 Å². The first-order valence-electron chi connectivity index (χ1n) is 5.05. The van der Waals surface area contributed by atoms with Gasteiger partial charge in [-0.25, -0.2) is 0 Å². The van der Waals surface area contributed by atoms with Crippen LogP contribution in [0.2, 0.25) is 0 Å². The number of phenols is 2. The molecule has 16 heavy (non-hydrogen) atoms. The van der Waals surface area contributed by atoms with Gasteiger partial charge < -0.3 is 15.5 Å². The molecule has 0 saturated heterocycles. The molecular formula is C13H13NO2. The molecule has 0 fully saturated rings. The van der Waals surface area contributed by atoms with E-state index in [4.69, 9.17) is 0 Å². The monoisotopic (exact) mass is 215 g/mol. The van der Waals surface area contributed by atoms with E-state index in [0.29, 0.717) is 12.2 Å². The van der Waals surface area contributed by atoms with Crippen LogP contribution in [0, 0.1) is 0 Å². The molecule has 0 unspecified atom stereocenters. The normalized spacial score (nSPS) is 10.0. The van der Waals surface area contributed by atoms with E-state index in [1.807, 2.05) is 30.3 Å². The SMILES string of the molecule is Oc1ccc(O)c(NCc2ccccc2)c1. The number of anilines is 1. The quantitative estimate of drug-likeness (QED) is 0.545. The Hall–Kier alpha value is -2.16.